The van der Waals surface area contributed by atoms with Crippen LogP contribution in [0, 0.1) is 6.92 Å². The Bertz CT molecular complexity index is 951. The number of aryl methyl sites for hydroxylation is 2. The predicted octanol–water partition coefficient (Wildman–Crippen LogP) is 4.68. The van der Waals surface area contributed by atoms with Gasteiger partial charge in [-0.3, -0.25) is 14.5 Å². The van der Waals surface area contributed by atoms with Crippen LogP contribution in [0.4, 0.5) is 11.4 Å². The van der Waals surface area contributed by atoms with Gasteiger partial charge in [0.15, 0.2) is 5.17 Å². The standard InChI is InChI=1S/C23H25N3O2S/c1-3-16-8-10-17(11-9-16)24-23-26(18-12-13-18)22(28)20(29-23)14-21(27)25-19-7-5-4-6-15(19)2/h4-11,18,20H,3,12-14H2,1-2H3,(H,25,27)/t20-/m1/s1. The zero-order chi connectivity index (χ0) is 20.4. The maximum atomic E-state index is 13.0. The Kier molecular flexibility index (Phi) is 5.72. The number of carbonyl (C=O) groups is 2. The Morgan fingerprint density at radius 1 is 1.17 bits per heavy atom. The van der Waals surface area contributed by atoms with Crippen LogP contribution in [0.2, 0.25) is 0 Å². The van der Waals surface area contributed by atoms with E-state index in [9.17, 15) is 9.59 Å². The summed E-state index contributed by atoms with van der Waals surface area (Å²) in [6, 6.07) is 16.0. The van der Waals surface area contributed by atoms with Crippen molar-refractivity contribution in [1.82, 2.24) is 4.90 Å². The van der Waals surface area contributed by atoms with Gasteiger partial charge in [0, 0.05) is 18.2 Å². The highest BCUT2D eigenvalue weighted by Gasteiger charge is 2.46. The number of aliphatic imine (C=N–C) groups is 1. The van der Waals surface area contributed by atoms with Crippen molar-refractivity contribution in [1.29, 1.82) is 0 Å². The van der Waals surface area contributed by atoms with Crippen molar-refractivity contribution in [3.05, 3.63) is 59.7 Å². The Hall–Kier alpha value is -2.60. The molecule has 0 unspecified atom stereocenters. The van der Waals surface area contributed by atoms with Crippen LogP contribution in [0.3, 0.4) is 0 Å². The Balaban J connectivity index is 1.48. The molecule has 0 aromatic heterocycles. The van der Waals surface area contributed by atoms with Crippen LogP contribution in [-0.4, -0.2) is 33.2 Å². The van der Waals surface area contributed by atoms with E-state index in [-0.39, 0.29) is 24.3 Å². The average molecular weight is 408 g/mol. The molecule has 0 spiro atoms. The van der Waals surface area contributed by atoms with E-state index in [1.807, 2.05) is 48.2 Å². The summed E-state index contributed by atoms with van der Waals surface area (Å²) in [5.74, 6) is -0.143. The minimum Gasteiger partial charge on any atom is -0.326 e. The van der Waals surface area contributed by atoms with Gasteiger partial charge in [-0.1, -0.05) is 49.0 Å². The lowest BCUT2D eigenvalue weighted by Crippen LogP contribution is -2.35. The van der Waals surface area contributed by atoms with Gasteiger partial charge < -0.3 is 5.32 Å². The summed E-state index contributed by atoms with van der Waals surface area (Å²) < 4.78 is 0. The van der Waals surface area contributed by atoms with Gasteiger partial charge in [0.1, 0.15) is 5.25 Å². The highest BCUT2D eigenvalue weighted by molar-refractivity contribution is 8.15. The Morgan fingerprint density at radius 3 is 2.55 bits per heavy atom. The van der Waals surface area contributed by atoms with Crippen LogP contribution < -0.4 is 5.32 Å². The normalized spacial score (nSPS) is 20.3. The van der Waals surface area contributed by atoms with E-state index in [1.54, 1.807) is 0 Å². The largest absolute Gasteiger partial charge is 0.326 e. The molecular formula is C23H25N3O2S. The molecule has 29 heavy (non-hydrogen) atoms. The molecule has 2 fully saturated rings. The number of hydrogen-bond donors (Lipinski definition) is 1. The summed E-state index contributed by atoms with van der Waals surface area (Å²) in [5, 5.41) is 3.23. The third-order valence-electron chi connectivity index (χ3n) is 5.24. The maximum Gasteiger partial charge on any atom is 0.242 e. The number of nitrogens with zero attached hydrogens (tertiary/aromatic N) is 2. The summed E-state index contributed by atoms with van der Waals surface area (Å²) in [5.41, 5.74) is 3.89. The lowest BCUT2D eigenvalue weighted by molar-refractivity contribution is -0.128. The Morgan fingerprint density at radius 2 is 1.90 bits per heavy atom. The van der Waals surface area contributed by atoms with Gasteiger partial charge in [-0.15, -0.1) is 0 Å². The minimum atomic E-state index is -0.423. The number of amidine groups is 1. The van der Waals surface area contributed by atoms with Crippen molar-refractivity contribution in [2.45, 2.75) is 50.8 Å². The molecule has 4 rings (SSSR count). The topological polar surface area (TPSA) is 61.8 Å². The number of para-hydroxylation sites is 1. The quantitative estimate of drug-likeness (QED) is 0.756. The zero-order valence-electron chi connectivity index (χ0n) is 16.7. The smallest absolute Gasteiger partial charge is 0.242 e. The van der Waals surface area contributed by atoms with Crippen molar-refractivity contribution in [2.75, 3.05) is 5.32 Å². The minimum absolute atomic E-state index is 0.00126. The second-order valence-corrected chi connectivity index (χ2v) is 8.70. The highest BCUT2D eigenvalue weighted by atomic mass is 32.2. The number of benzene rings is 2. The molecule has 1 saturated heterocycles. The van der Waals surface area contributed by atoms with Gasteiger partial charge in [0.05, 0.1) is 5.69 Å². The van der Waals surface area contributed by atoms with Crippen LogP contribution in [0.1, 0.15) is 37.3 Å². The molecule has 2 aliphatic rings. The van der Waals surface area contributed by atoms with Gasteiger partial charge >= 0.3 is 0 Å². The van der Waals surface area contributed by atoms with Crippen LogP contribution in [-0.2, 0) is 16.0 Å². The molecule has 2 aromatic carbocycles. The summed E-state index contributed by atoms with van der Waals surface area (Å²) in [4.78, 5) is 32.1. The third kappa shape index (κ3) is 4.53. The summed E-state index contributed by atoms with van der Waals surface area (Å²) in [7, 11) is 0. The third-order valence-corrected chi connectivity index (χ3v) is 6.39. The molecule has 2 amide bonds. The molecule has 1 aliphatic heterocycles. The second-order valence-electron chi connectivity index (χ2n) is 7.53. The predicted molar refractivity (Wildman–Crippen MR) is 119 cm³/mol. The van der Waals surface area contributed by atoms with Gasteiger partial charge in [-0.25, -0.2) is 4.99 Å². The average Bonchev–Trinajstić information content (AvgIpc) is 3.50. The molecule has 1 atom stereocenters. The molecule has 1 aliphatic carbocycles. The number of nitrogens with one attached hydrogen (secondary N) is 1. The van der Waals surface area contributed by atoms with E-state index in [0.717, 1.165) is 41.4 Å². The van der Waals surface area contributed by atoms with Gasteiger partial charge in [0.25, 0.3) is 0 Å². The second kappa shape index (κ2) is 8.41. The number of hydrogen-bond acceptors (Lipinski definition) is 4. The lowest BCUT2D eigenvalue weighted by Gasteiger charge is -2.15. The lowest BCUT2D eigenvalue weighted by atomic mass is 10.2. The summed E-state index contributed by atoms with van der Waals surface area (Å²) in [6.07, 6.45) is 3.13. The van der Waals surface area contributed by atoms with Crippen molar-refractivity contribution in [3.63, 3.8) is 0 Å². The first kappa shape index (κ1) is 19.7. The number of rotatable bonds is 6. The van der Waals surface area contributed by atoms with Crippen LogP contribution in [0.5, 0.6) is 0 Å². The molecule has 0 bridgehead atoms. The molecule has 2 aromatic rings. The molecule has 0 radical (unpaired) electrons. The van der Waals surface area contributed by atoms with Crippen LogP contribution in [0.15, 0.2) is 53.5 Å². The summed E-state index contributed by atoms with van der Waals surface area (Å²) >= 11 is 1.41. The fraction of sp³-hybridized carbons (Fsp3) is 0.348. The fourth-order valence-corrected chi connectivity index (χ4v) is 4.58. The number of amides is 2. The fourth-order valence-electron chi connectivity index (χ4n) is 3.36. The number of anilines is 1. The van der Waals surface area contributed by atoms with E-state index in [2.05, 4.69) is 24.4 Å². The Labute approximate surface area is 175 Å². The molecule has 1 N–H and O–H groups in total. The van der Waals surface area contributed by atoms with Crippen LogP contribution in [0.25, 0.3) is 0 Å². The summed E-state index contributed by atoms with van der Waals surface area (Å²) in [6.45, 7) is 4.07. The first-order chi connectivity index (χ1) is 14.0. The first-order valence-corrected chi connectivity index (χ1v) is 11.0. The van der Waals surface area contributed by atoms with Crippen molar-refractivity contribution in [2.24, 2.45) is 4.99 Å². The van der Waals surface area contributed by atoms with Crippen molar-refractivity contribution in [3.8, 4) is 0 Å². The molecule has 1 heterocycles. The van der Waals surface area contributed by atoms with Gasteiger partial charge in [0.2, 0.25) is 11.8 Å². The van der Waals surface area contributed by atoms with Crippen molar-refractivity contribution < 1.29 is 9.59 Å². The van der Waals surface area contributed by atoms with E-state index >= 15 is 0 Å². The molecule has 1 saturated carbocycles. The SMILES string of the molecule is CCc1ccc(N=C2S[C@H](CC(=O)Nc3ccccc3C)C(=O)N2C2CC2)cc1. The van der Waals surface area contributed by atoms with Crippen molar-refractivity contribution >= 4 is 40.1 Å². The number of carbonyl (C=O) groups excluding carboxylic acids is 2. The van der Waals surface area contributed by atoms with Gasteiger partial charge in [-0.05, 0) is 55.5 Å². The molecule has 6 heteroatoms. The molecule has 150 valence electrons. The maximum absolute atomic E-state index is 13.0. The highest BCUT2D eigenvalue weighted by Crippen LogP contribution is 2.39. The van der Waals surface area contributed by atoms with E-state index < -0.39 is 5.25 Å². The monoisotopic (exact) mass is 407 g/mol. The van der Waals surface area contributed by atoms with E-state index in [0.29, 0.717) is 0 Å². The number of thioether (sulfide) groups is 1. The molecular weight excluding hydrogens is 382 g/mol. The first-order valence-electron chi connectivity index (χ1n) is 10.1. The van der Waals surface area contributed by atoms with Gasteiger partial charge in [-0.2, -0.15) is 0 Å². The zero-order valence-corrected chi connectivity index (χ0v) is 17.5. The van der Waals surface area contributed by atoms with E-state index in [4.69, 9.17) is 4.99 Å². The van der Waals surface area contributed by atoms with Crippen LogP contribution >= 0.6 is 11.8 Å². The van der Waals surface area contributed by atoms with E-state index in [1.165, 1.54) is 17.3 Å². The molecule has 5 nitrogen and oxygen atoms in total.